The molecule has 0 aliphatic heterocycles. The molecule has 1 N–H and O–H groups in total. The molecule has 0 amide bonds. The van der Waals surface area contributed by atoms with E-state index in [0.717, 1.165) is 12.0 Å². The van der Waals surface area contributed by atoms with Crippen LogP contribution in [0.25, 0.3) is 0 Å². The normalized spacial score (nSPS) is 11.5. The Kier molecular flexibility index (Phi) is 2.96. The highest BCUT2D eigenvalue weighted by Gasteiger charge is 2.09. The Morgan fingerprint density at radius 2 is 2.00 bits per heavy atom. The van der Waals surface area contributed by atoms with Gasteiger partial charge in [0, 0.05) is 17.8 Å². The minimum Gasteiger partial charge on any atom is -0.302 e. The molecule has 1 heterocycles. The van der Waals surface area contributed by atoms with Gasteiger partial charge in [-0.1, -0.05) is 13.8 Å². The van der Waals surface area contributed by atoms with Gasteiger partial charge >= 0.3 is 0 Å². The van der Waals surface area contributed by atoms with Gasteiger partial charge in [-0.25, -0.2) is 0 Å². The maximum atomic E-state index is 11.7. The van der Waals surface area contributed by atoms with E-state index in [2.05, 4.69) is 18.9 Å². The first-order chi connectivity index (χ1) is 6.02. The number of nitrogens with one attached hydrogen (secondary N) is 1. The minimum atomic E-state index is 0.128. The van der Waals surface area contributed by atoms with Crippen molar-refractivity contribution in [3.63, 3.8) is 0 Å². The highest BCUT2D eigenvalue weighted by atomic mass is 16.1. The summed E-state index contributed by atoms with van der Waals surface area (Å²) in [6.45, 7) is 8.23. The molecule has 0 atom stereocenters. The van der Waals surface area contributed by atoms with E-state index >= 15 is 0 Å². The maximum absolute atomic E-state index is 11.7. The maximum Gasteiger partial charge on any atom is 0.269 e. The molecule has 0 saturated heterocycles. The average Bonchev–Trinajstić information content (AvgIpc) is 2.32. The zero-order valence-electron chi connectivity index (χ0n) is 8.79. The predicted octanol–water partition coefficient (Wildman–Crippen LogP) is 1.96. The van der Waals surface area contributed by atoms with Crippen LogP contribution in [-0.4, -0.2) is 9.78 Å². The number of aromatic nitrogens is 2. The molecule has 0 unspecified atom stereocenters. The molecule has 3 nitrogen and oxygen atoms in total. The lowest BCUT2D eigenvalue weighted by molar-refractivity contribution is 0.514. The topological polar surface area (TPSA) is 37.8 Å². The molecule has 1 aromatic rings. The fraction of sp³-hybridized carbons (Fsp3) is 0.700. The minimum absolute atomic E-state index is 0.128. The van der Waals surface area contributed by atoms with E-state index in [-0.39, 0.29) is 11.6 Å². The van der Waals surface area contributed by atoms with Crippen molar-refractivity contribution < 1.29 is 0 Å². The van der Waals surface area contributed by atoms with Crippen molar-refractivity contribution >= 4 is 0 Å². The first-order valence-electron chi connectivity index (χ1n) is 4.81. The second kappa shape index (κ2) is 3.81. The lowest BCUT2D eigenvalue weighted by Crippen LogP contribution is -2.21. The summed E-state index contributed by atoms with van der Waals surface area (Å²) in [6, 6.07) is 0.216. The molecular weight excluding hydrogens is 164 g/mol. The van der Waals surface area contributed by atoms with Gasteiger partial charge in [-0.05, 0) is 26.2 Å². The summed E-state index contributed by atoms with van der Waals surface area (Å²) in [5.41, 5.74) is 1.02. The molecule has 3 heteroatoms. The molecule has 13 heavy (non-hydrogen) atoms. The molecule has 0 aliphatic carbocycles. The second-order valence-electron chi connectivity index (χ2n) is 4.17. The zero-order chi connectivity index (χ0) is 10.0. The molecule has 1 rings (SSSR count). The van der Waals surface area contributed by atoms with Crippen LogP contribution in [0.1, 0.15) is 39.3 Å². The highest BCUT2D eigenvalue weighted by Crippen LogP contribution is 2.04. The molecular formula is C10H18N2O. The monoisotopic (exact) mass is 182 g/mol. The lowest BCUT2D eigenvalue weighted by Gasteiger charge is -2.04. The van der Waals surface area contributed by atoms with E-state index in [9.17, 15) is 4.79 Å². The summed E-state index contributed by atoms with van der Waals surface area (Å²) in [6.07, 6.45) is 2.68. The van der Waals surface area contributed by atoms with E-state index in [0.29, 0.717) is 5.92 Å². The van der Waals surface area contributed by atoms with Crippen LogP contribution in [0.2, 0.25) is 0 Å². The molecule has 0 aliphatic rings. The van der Waals surface area contributed by atoms with Crippen molar-refractivity contribution in [3.05, 3.63) is 22.1 Å². The average molecular weight is 182 g/mol. The number of nitrogens with zero attached hydrogens (tertiary/aromatic N) is 1. The van der Waals surface area contributed by atoms with E-state index < -0.39 is 0 Å². The van der Waals surface area contributed by atoms with Crippen molar-refractivity contribution in [2.75, 3.05) is 0 Å². The van der Waals surface area contributed by atoms with Crippen molar-refractivity contribution in [1.82, 2.24) is 9.78 Å². The van der Waals surface area contributed by atoms with Gasteiger partial charge in [-0.2, -0.15) is 0 Å². The fourth-order valence-electron chi connectivity index (χ4n) is 1.39. The Morgan fingerprint density at radius 3 is 2.38 bits per heavy atom. The van der Waals surface area contributed by atoms with Gasteiger partial charge in [0.25, 0.3) is 5.56 Å². The van der Waals surface area contributed by atoms with Crippen LogP contribution < -0.4 is 5.56 Å². The Labute approximate surface area is 78.8 Å². The number of rotatable bonds is 3. The van der Waals surface area contributed by atoms with Gasteiger partial charge in [0.1, 0.15) is 0 Å². The number of hydrogen-bond acceptors (Lipinski definition) is 1. The molecule has 1 aromatic heterocycles. The van der Waals surface area contributed by atoms with Crippen molar-refractivity contribution in [2.45, 2.75) is 40.2 Å². The Bertz CT molecular complexity index is 320. The number of H-pyrrole nitrogens is 1. The van der Waals surface area contributed by atoms with Crippen LogP contribution in [0.4, 0.5) is 0 Å². The lowest BCUT2D eigenvalue weighted by atomic mass is 10.1. The summed E-state index contributed by atoms with van der Waals surface area (Å²) in [4.78, 5) is 11.7. The van der Waals surface area contributed by atoms with Crippen LogP contribution in [-0.2, 0) is 6.42 Å². The molecule has 0 fully saturated rings. The third-order valence-electron chi connectivity index (χ3n) is 2.02. The Morgan fingerprint density at radius 1 is 1.38 bits per heavy atom. The van der Waals surface area contributed by atoms with Gasteiger partial charge in [-0.3, -0.25) is 9.48 Å². The van der Waals surface area contributed by atoms with Gasteiger partial charge in [0.2, 0.25) is 0 Å². The third-order valence-corrected chi connectivity index (χ3v) is 2.02. The van der Waals surface area contributed by atoms with Crippen molar-refractivity contribution in [2.24, 2.45) is 5.92 Å². The summed E-state index contributed by atoms with van der Waals surface area (Å²) in [5, 5.41) is 2.98. The second-order valence-corrected chi connectivity index (χ2v) is 4.17. The van der Waals surface area contributed by atoms with Crippen LogP contribution in [0.5, 0.6) is 0 Å². The molecule has 0 bridgehead atoms. The smallest absolute Gasteiger partial charge is 0.269 e. The van der Waals surface area contributed by atoms with Gasteiger partial charge in [-0.15, -0.1) is 0 Å². The van der Waals surface area contributed by atoms with E-state index in [1.165, 1.54) is 0 Å². The van der Waals surface area contributed by atoms with Gasteiger partial charge in [0.15, 0.2) is 0 Å². The number of hydrogen-bond donors (Lipinski definition) is 1. The molecule has 0 spiro atoms. The highest BCUT2D eigenvalue weighted by molar-refractivity contribution is 5.05. The standard InChI is InChI=1S/C10H18N2O/c1-7(2)5-9-6-11-12(8(3)4)10(9)13/h6-8,11H,5H2,1-4H3. The van der Waals surface area contributed by atoms with Crippen molar-refractivity contribution in [1.29, 1.82) is 0 Å². The van der Waals surface area contributed by atoms with Crippen LogP contribution >= 0.6 is 0 Å². The Hall–Kier alpha value is -0.990. The van der Waals surface area contributed by atoms with Crippen LogP contribution in [0.3, 0.4) is 0 Å². The van der Waals surface area contributed by atoms with Crippen LogP contribution in [0, 0.1) is 5.92 Å². The SMILES string of the molecule is CC(C)Cc1c[nH]n(C(C)C)c1=O. The van der Waals surface area contributed by atoms with Gasteiger partial charge in [0.05, 0.1) is 0 Å². The van der Waals surface area contributed by atoms with E-state index in [1.807, 2.05) is 20.0 Å². The van der Waals surface area contributed by atoms with E-state index in [4.69, 9.17) is 0 Å². The summed E-state index contributed by atoms with van der Waals surface area (Å²) in [5.74, 6) is 0.532. The summed E-state index contributed by atoms with van der Waals surface area (Å²) < 4.78 is 1.66. The summed E-state index contributed by atoms with van der Waals surface area (Å²) in [7, 11) is 0. The fourth-order valence-corrected chi connectivity index (χ4v) is 1.39. The van der Waals surface area contributed by atoms with E-state index in [1.54, 1.807) is 4.68 Å². The Balaban J connectivity index is 2.94. The molecule has 0 aromatic carbocycles. The first kappa shape index (κ1) is 10.1. The van der Waals surface area contributed by atoms with Crippen LogP contribution in [0.15, 0.2) is 11.0 Å². The third kappa shape index (κ3) is 2.23. The first-order valence-corrected chi connectivity index (χ1v) is 4.81. The number of aromatic amines is 1. The predicted molar refractivity (Wildman–Crippen MR) is 54.0 cm³/mol. The van der Waals surface area contributed by atoms with Gasteiger partial charge < -0.3 is 5.10 Å². The van der Waals surface area contributed by atoms with Crippen molar-refractivity contribution in [3.8, 4) is 0 Å². The molecule has 0 radical (unpaired) electrons. The summed E-state index contributed by atoms with van der Waals surface area (Å²) >= 11 is 0. The zero-order valence-corrected chi connectivity index (χ0v) is 8.79. The quantitative estimate of drug-likeness (QED) is 0.762. The molecule has 74 valence electrons. The largest absolute Gasteiger partial charge is 0.302 e. The molecule has 0 saturated carbocycles.